The van der Waals surface area contributed by atoms with Crippen LogP contribution in [0, 0.1) is 10.1 Å². The summed E-state index contributed by atoms with van der Waals surface area (Å²) >= 11 is 0. The summed E-state index contributed by atoms with van der Waals surface area (Å²) in [6, 6.07) is 6.74. The SMILES string of the molecule is O=[N+]([O-])c1ccc(S(=O)(=O)N2CCN(c3cc(-n4ccnc4)ncn3)CC2)cc1. The maximum atomic E-state index is 12.8. The van der Waals surface area contributed by atoms with Crippen molar-refractivity contribution in [3.8, 4) is 5.82 Å². The number of aromatic nitrogens is 4. The molecule has 1 aliphatic heterocycles. The summed E-state index contributed by atoms with van der Waals surface area (Å²) in [6.07, 6.45) is 6.54. The van der Waals surface area contributed by atoms with Crippen LogP contribution in [0.5, 0.6) is 0 Å². The van der Waals surface area contributed by atoms with E-state index in [1.807, 2.05) is 11.0 Å². The molecule has 1 fully saturated rings. The second-order valence-corrected chi connectivity index (χ2v) is 8.28. The topological polar surface area (TPSA) is 127 Å². The molecule has 12 heteroatoms. The highest BCUT2D eigenvalue weighted by Gasteiger charge is 2.29. The van der Waals surface area contributed by atoms with Gasteiger partial charge in [0.05, 0.1) is 9.82 Å². The van der Waals surface area contributed by atoms with Crippen molar-refractivity contribution in [1.82, 2.24) is 23.8 Å². The van der Waals surface area contributed by atoms with Crippen LogP contribution < -0.4 is 4.90 Å². The van der Waals surface area contributed by atoms with Crippen LogP contribution in [0.15, 0.2) is 60.3 Å². The number of sulfonamides is 1. The van der Waals surface area contributed by atoms with Gasteiger partial charge in [-0.25, -0.2) is 23.4 Å². The van der Waals surface area contributed by atoms with E-state index in [1.54, 1.807) is 23.3 Å². The van der Waals surface area contributed by atoms with Gasteiger partial charge in [0.1, 0.15) is 24.3 Å². The minimum atomic E-state index is -3.71. The lowest BCUT2D eigenvalue weighted by atomic mass is 10.3. The van der Waals surface area contributed by atoms with Crippen molar-refractivity contribution in [2.75, 3.05) is 31.1 Å². The van der Waals surface area contributed by atoms with E-state index in [-0.39, 0.29) is 23.7 Å². The minimum absolute atomic E-state index is 0.0426. The first-order valence-corrected chi connectivity index (χ1v) is 10.2. The van der Waals surface area contributed by atoms with E-state index in [1.165, 1.54) is 34.9 Å². The molecule has 11 nitrogen and oxygen atoms in total. The van der Waals surface area contributed by atoms with Gasteiger partial charge in [0, 0.05) is 56.8 Å². The number of non-ortho nitro benzene ring substituents is 1. The number of imidazole rings is 1. The first-order valence-electron chi connectivity index (χ1n) is 8.75. The Balaban J connectivity index is 1.46. The maximum absolute atomic E-state index is 12.8. The number of piperazine rings is 1. The fourth-order valence-electron chi connectivity index (χ4n) is 3.09. The number of nitro benzene ring substituents is 1. The van der Waals surface area contributed by atoms with Gasteiger partial charge in [0.25, 0.3) is 5.69 Å². The zero-order valence-corrected chi connectivity index (χ0v) is 16.0. The molecular formula is C17H17N7O4S. The average molecular weight is 415 g/mol. The molecule has 4 rings (SSSR count). The van der Waals surface area contributed by atoms with E-state index in [0.717, 1.165) is 0 Å². The molecule has 1 aromatic carbocycles. The predicted molar refractivity (Wildman–Crippen MR) is 103 cm³/mol. The van der Waals surface area contributed by atoms with Gasteiger partial charge < -0.3 is 4.90 Å². The van der Waals surface area contributed by atoms with Gasteiger partial charge >= 0.3 is 0 Å². The molecule has 0 N–H and O–H groups in total. The van der Waals surface area contributed by atoms with Crippen molar-refractivity contribution in [3.63, 3.8) is 0 Å². The number of benzene rings is 1. The highest BCUT2D eigenvalue weighted by molar-refractivity contribution is 7.89. The molecule has 150 valence electrons. The quantitative estimate of drug-likeness (QED) is 0.447. The maximum Gasteiger partial charge on any atom is 0.269 e. The standard InChI is InChI=1S/C17H17N7O4S/c25-24(26)14-1-3-15(4-2-14)29(27,28)23-9-7-21(8-10-23)16-11-17(20-12-19-16)22-6-5-18-13-22/h1-6,11-13H,7-10H2. The summed E-state index contributed by atoms with van der Waals surface area (Å²) < 4.78 is 28.8. The van der Waals surface area contributed by atoms with Crippen molar-refractivity contribution < 1.29 is 13.3 Å². The van der Waals surface area contributed by atoms with Crippen LogP contribution in [0.1, 0.15) is 0 Å². The normalized spacial score (nSPS) is 15.4. The van der Waals surface area contributed by atoms with Gasteiger partial charge in [-0.15, -0.1) is 0 Å². The van der Waals surface area contributed by atoms with Crippen LogP contribution in [-0.4, -0.2) is 63.3 Å². The minimum Gasteiger partial charge on any atom is -0.354 e. The molecule has 0 aliphatic carbocycles. The van der Waals surface area contributed by atoms with Crippen LogP contribution in [0.25, 0.3) is 5.82 Å². The summed E-state index contributed by atoms with van der Waals surface area (Å²) in [7, 11) is -3.71. The zero-order valence-electron chi connectivity index (χ0n) is 15.2. The van der Waals surface area contributed by atoms with Crippen LogP contribution in [-0.2, 0) is 10.0 Å². The lowest BCUT2D eigenvalue weighted by Gasteiger charge is -2.34. The fraction of sp³-hybridized carbons (Fsp3) is 0.235. The molecule has 2 aromatic heterocycles. The number of nitro groups is 1. The molecule has 0 unspecified atom stereocenters. The molecule has 0 radical (unpaired) electrons. The van der Waals surface area contributed by atoms with Crippen LogP contribution in [0.3, 0.4) is 0 Å². The van der Waals surface area contributed by atoms with Crippen molar-refractivity contribution in [3.05, 3.63) is 65.5 Å². The Morgan fingerprint density at radius 2 is 1.69 bits per heavy atom. The third kappa shape index (κ3) is 3.79. The number of anilines is 1. The van der Waals surface area contributed by atoms with Gasteiger partial charge in [0.15, 0.2) is 0 Å². The number of hydrogen-bond acceptors (Lipinski definition) is 8. The summed E-state index contributed by atoms with van der Waals surface area (Å²) in [5, 5.41) is 10.8. The second kappa shape index (κ2) is 7.56. The van der Waals surface area contributed by atoms with Crippen molar-refractivity contribution >= 4 is 21.5 Å². The van der Waals surface area contributed by atoms with Gasteiger partial charge in [0.2, 0.25) is 10.0 Å². The second-order valence-electron chi connectivity index (χ2n) is 6.35. The molecule has 1 saturated heterocycles. The van der Waals surface area contributed by atoms with Crippen molar-refractivity contribution in [1.29, 1.82) is 0 Å². The highest BCUT2D eigenvalue weighted by Crippen LogP contribution is 2.22. The molecule has 3 aromatic rings. The lowest BCUT2D eigenvalue weighted by molar-refractivity contribution is -0.384. The molecular weight excluding hydrogens is 398 g/mol. The number of nitrogens with zero attached hydrogens (tertiary/aromatic N) is 7. The molecule has 29 heavy (non-hydrogen) atoms. The molecule has 3 heterocycles. The highest BCUT2D eigenvalue weighted by atomic mass is 32.2. The summed E-state index contributed by atoms with van der Waals surface area (Å²) in [4.78, 5) is 24.7. The van der Waals surface area contributed by atoms with Crippen LogP contribution in [0.2, 0.25) is 0 Å². The number of hydrogen-bond donors (Lipinski definition) is 0. The Labute approximate surface area is 166 Å². The molecule has 1 aliphatic rings. The van der Waals surface area contributed by atoms with Crippen molar-refractivity contribution in [2.24, 2.45) is 0 Å². The summed E-state index contributed by atoms with van der Waals surface area (Å²) in [5.41, 5.74) is -0.147. The first kappa shape index (κ1) is 19.0. The van der Waals surface area contributed by atoms with E-state index in [4.69, 9.17) is 0 Å². The number of rotatable bonds is 5. The third-order valence-corrected chi connectivity index (χ3v) is 6.57. The van der Waals surface area contributed by atoms with Crippen LogP contribution in [0.4, 0.5) is 11.5 Å². The Hall–Kier alpha value is -3.38. The Morgan fingerprint density at radius 1 is 1.00 bits per heavy atom. The summed E-state index contributed by atoms with van der Waals surface area (Å²) in [5.74, 6) is 1.38. The Kier molecular flexibility index (Phi) is 4.94. The average Bonchev–Trinajstić information content (AvgIpc) is 3.29. The first-order chi connectivity index (χ1) is 13.9. The third-order valence-electron chi connectivity index (χ3n) is 4.66. The van der Waals surface area contributed by atoms with E-state index in [2.05, 4.69) is 15.0 Å². The van der Waals surface area contributed by atoms with Gasteiger partial charge in [-0.05, 0) is 12.1 Å². The van der Waals surface area contributed by atoms with E-state index >= 15 is 0 Å². The zero-order chi connectivity index (χ0) is 20.4. The molecule has 0 spiro atoms. The molecule has 0 amide bonds. The van der Waals surface area contributed by atoms with Crippen LogP contribution >= 0.6 is 0 Å². The largest absolute Gasteiger partial charge is 0.354 e. The van der Waals surface area contributed by atoms with Gasteiger partial charge in [-0.3, -0.25) is 14.7 Å². The Bertz CT molecular complexity index is 1110. The van der Waals surface area contributed by atoms with Crippen molar-refractivity contribution in [2.45, 2.75) is 4.90 Å². The van der Waals surface area contributed by atoms with E-state index in [0.29, 0.717) is 24.7 Å². The van der Waals surface area contributed by atoms with E-state index < -0.39 is 14.9 Å². The predicted octanol–water partition coefficient (Wildman–Crippen LogP) is 1.08. The van der Waals surface area contributed by atoms with Gasteiger partial charge in [-0.2, -0.15) is 4.31 Å². The molecule has 0 bridgehead atoms. The summed E-state index contributed by atoms with van der Waals surface area (Å²) in [6.45, 7) is 1.49. The molecule has 0 saturated carbocycles. The monoisotopic (exact) mass is 415 g/mol. The fourth-order valence-corrected chi connectivity index (χ4v) is 4.51. The van der Waals surface area contributed by atoms with Gasteiger partial charge in [-0.1, -0.05) is 0 Å². The Morgan fingerprint density at radius 3 is 2.31 bits per heavy atom. The van der Waals surface area contributed by atoms with E-state index in [9.17, 15) is 18.5 Å². The molecule has 0 atom stereocenters. The smallest absolute Gasteiger partial charge is 0.269 e. The lowest BCUT2D eigenvalue weighted by Crippen LogP contribution is -2.48.